The number of aromatic nitrogens is 1. The summed E-state index contributed by atoms with van der Waals surface area (Å²) in [5, 5.41) is 0. The van der Waals surface area contributed by atoms with E-state index in [0.29, 0.717) is 12.3 Å². The van der Waals surface area contributed by atoms with Crippen LogP contribution in [0.2, 0.25) is 0 Å². The highest BCUT2D eigenvalue weighted by Crippen LogP contribution is 2.25. The van der Waals surface area contributed by atoms with Crippen molar-refractivity contribution in [2.45, 2.75) is 27.2 Å². The summed E-state index contributed by atoms with van der Waals surface area (Å²) >= 11 is 0. The zero-order valence-electron chi connectivity index (χ0n) is 9.47. The third-order valence-corrected chi connectivity index (χ3v) is 2.14. The number of halogens is 2. The molecule has 2 rings (SSSR count). The zero-order chi connectivity index (χ0) is 11.9. The Morgan fingerprint density at radius 3 is 2.56 bits per heavy atom. The van der Waals surface area contributed by atoms with Gasteiger partial charge >= 0.3 is 0 Å². The van der Waals surface area contributed by atoms with Crippen molar-refractivity contribution in [3.63, 3.8) is 0 Å². The molecule has 0 aliphatic heterocycles. The van der Waals surface area contributed by atoms with Crippen LogP contribution in [-0.4, -0.2) is 4.98 Å². The van der Waals surface area contributed by atoms with Crippen LogP contribution in [0.4, 0.5) is 8.78 Å². The first-order valence-electron chi connectivity index (χ1n) is 5.10. The van der Waals surface area contributed by atoms with Crippen molar-refractivity contribution in [1.82, 2.24) is 4.98 Å². The van der Waals surface area contributed by atoms with Crippen LogP contribution in [0.5, 0.6) is 0 Å². The Morgan fingerprint density at radius 1 is 1.25 bits per heavy atom. The van der Waals surface area contributed by atoms with Crippen LogP contribution in [0.1, 0.15) is 26.7 Å². The van der Waals surface area contributed by atoms with Crippen molar-refractivity contribution in [2.75, 3.05) is 0 Å². The van der Waals surface area contributed by atoms with Crippen LogP contribution in [-0.2, 0) is 6.42 Å². The van der Waals surface area contributed by atoms with E-state index >= 15 is 0 Å². The maximum atomic E-state index is 13.3. The molecule has 0 radical (unpaired) electrons. The van der Waals surface area contributed by atoms with Gasteiger partial charge in [-0.25, -0.2) is 13.8 Å². The van der Waals surface area contributed by atoms with Crippen LogP contribution in [0.15, 0.2) is 16.5 Å². The summed E-state index contributed by atoms with van der Waals surface area (Å²) in [4.78, 5) is 4.07. The van der Waals surface area contributed by atoms with Crippen LogP contribution < -0.4 is 0 Å². The van der Waals surface area contributed by atoms with Gasteiger partial charge < -0.3 is 4.42 Å². The van der Waals surface area contributed by atoms with Crippen molar-refractivity contribution in [3.8, 4) is 0 Å². The largest absolute Gasteiger partial charge is 0.438 e. The Balaban J connectivity index is 2.48. The lowest BCUT2D eigenvalue weighted by atomic mass is 9.92. The van der Waals surface area contributed by atoms with Gasteiger partial charge in [-0.3, -0.25) is 0 Å². The first-order chi connectivity index (χ1) is 7.35. The van der Waals surface area contributed by atoms with Gasteiger partial charge in [-0.1, -0.05) is 20.8 Å². The topological polar surface area (TPSA) is 26.0 Å². The summed E-state index contributed by atoms with van der Waals surface area (Å²) in [7, 11) is 0. The molecule has 0 N–H and O–H groups in total. The fourth-order valence-electron chi connectivity index (χ4n) is 1.54. The number of hydrogen-bond donors (Lipinski definition) is 0. The highest BCUT2D eigenvalue weighted by molar-refractivity contribution is 5.73. The fraction of sp³-hybridized carbons (Fsp3) is 0.417. The van der Waals surface area contributed by atoms with Gasteiger partial charge in [0.25, 0.3) is 0 Å². The second-order valence-corrected chi connectivity index (χ2v) is 5.08. The van der Waals surface area contributed by atoms with Crippen LogP contribution in [0, 0.1) is 17.0 Å². The Bertz CT molecular complexity index is 526. The molecule has 0 unspecified atom stereocenters. The van der Waals surface area contributed by atoms with Crippen molar-refractivity contribution in [1.29, 1.82) is 0 Å². The second kappa shape index (κ2) is 3.54. The van der Waals surface area contributed by atoms with Crippen molar-refractivity contribution in [3.05, 3.63) is 29.7 Å². The Hall–Kier alpha value is -1.45. The lowest BCUT2D eigenvalue weighted by Crippen LogP contribution is -2.09. The standard InChI is InChI=1S/C12H13F2NO/c1-12(2,3)6-10-15-9-5-7(13)4-8(14)11(9)16-10/h4-5H,6H2,1-3H3. The van der Waals surface area contributed by atoms with E-state index in [9.17, 15) is 8.78 Å². The molecular weight excluding hydrogens is 212 g/mol. The van der Waals surface area contributed by atoms with E-state index in [1.54, 1.807) is 0 Å². The molecule has 1 aromatic carbocycles. The van der Waals surface area contributed by atoms with Gasteiger partial charge in [0.1, 0.15) is 11.3 Å². The van der Waals surface area contributed by atoms with Gasteiger partial charge in [0.05, 0.1) is 0 Å². The molecule has 1 heterocycles. The number of rotatable bonds is 1. The first-order valence-corrected chi connectivity index (χ1v) is 5.10. The van der Waals surface area contributed by atoms with E-state index in [1.165, 1.54) is 6.07 Å². The quantitative estimate of drug-likeness (QED) is 0.739. The minimum Gasteiger partial charge on any atom is -0.438 e. The van der Waals surface area contributed by atoms with Gasteiger partial charge in [-0.2, -0.15) is 0 Å². The lowest BCUT2D eigenvalue weighted by Gasteiger charge is -2.14. The van der Waals surface area contributed by atoms with Gasteiger partial charge in [0, 0.05) is 18.6 Å². The molecule has 4 heteroatoms. The number of hydrogen-bond acceptors (Lipinski definition) is 2. The molecule has 0 fully saturated rings. The number of nitrogens with zero attached hydrogens (tertiary/aromatic N) is 1. The third-order valence-electron chi connectivity index (χ3n) is 2.14. The Morgan fingerprint density at radius 2 is 1.94 bits per heavy atom. The molecule has 0 amide bonds. The van der Waals surface area contributed by atoms with Crippen molar-refractivity contribution < 1.29 is 13.2 Å². The Labute approximate surface area is 92.3 Å². The highest BCUT2D eigenvalue weighted by atomic mass is 19.1. The molecule has 86 valence electrons. The third kappa shape index (κ3) is 2.21. The van der Waals surface area contributed by atoms with Crippen LogP contribution >= 0.6 is 0 Å². The SMILES string of the molecule is CC(C)(C)Cc1nc2cc(F)cc(F)c2o1. The molecule has 1 aromatic heterocycles. The molecule has 2 nitrogen and oxygen atoms in total. The average molecular weight is 225 g/mol. The van der Waals surface area contributed by atoms with E-state index < -0.39 is 11.6 Å². The molecule has 0 atom stereocenters. The predicted octanol–water partition coefficient (Wildman–Crippen LogP) is 3.69. The van der Waals surface area contributed by atoms with Crippen LogP contribution in [0.3, 0.4) is 0 Å². The van der Waals surface area contributed by atoms with E-state index in [4.69, 9.17) is 4.42 Å². The number of fused-ring (bicyclic) bond motifs is 1. The van der Waals surface area contributed by atoms with E-state index in [1.807, 2.05) is 20.8 Å². The normalized spacial score (nSPS) is 12.3. The maximum absolute atomic E-state index is 13.3. The molecule has 16 heavy (non-hydrogen) atoms. The first kappa shape index (κ1) is 11.0. The fourth-order valence-corrected chi connectivity index (χ4v) is 1.54. The van der Waals surface area contributed by atoms with Crippen molar-refractivity contribution >= 4 is 11.1 Å². The summed E-state index contributed by atoms with van der Waals surface area (Å²) in [5.41, 5.74) is 0.257. The van der Waals surface area contributed by atoms with Crippen molar-refractivity contribution in [2.24, 2.45) is 5.41 Å². The molecule has 0 aliphatic rings. The molecule has 2 aromatic rings. The molecule has 0 saturated heterocycles. The van der Waals surface area contributed by atoms with Gasteiger partial charge in [0.15, 0.2) is 17.3 Å². The molecule has 0 spiro atoms. The smallest absolute Gasteiger partial charge is 0.196 e. The molecule has 0 aliphatic carbocycles. The summed E-state index contributed by atoms with van der Waals surface area (Å²) in [6.07, 6.45) is 0.586. The van der Waals surface area contributed by atoms with E-state index in [-0.39, 0.29) is 16.5 Å². The maximum Gasteiger partial charge on any atom is 0.196 e. The zero-order valence-corrected chi connectivity index (χ0v) is 9.47. The summed E-state index contributed by atoms with van der Waals surface area (Å²) < 4.78 is 31.5. The lowest BCUT2D eigenvalue weighted by molar-refractivity contribution is 0.359. The number of benzene rings is 1. The molecular formula is C12H13F2NO. The summed E-state index contributed by atoms with van der Waals surface area (Å²) in [6, 6.07) is 1.97. The minimum atomic E-state index is -0.706. The van der Waals surface area contributed by atoms with Gasteiger partial charge in [-0.05, 0) is 5.41 Å². The summed E-state index contributed by atoms with van der Waals surface area (Å²) in [5.74, 6) is -0.907. The number of oxazole rings is 1. The van der Waals surface area contributed by atoms with E-state index in [2.05, 4.69) is 4.98 Å². The monoisotopic (exact) mass is 225 g/mol. The minimum absolute atomic E-state index is 0.00407. The molecule has 0 bridgehead atoms. The van der Waals surface area contributed by atoms with Gasteiger partial charge in [-0.15, -0.1) is 0 Å². The molecule has 0 saturated carbocycles. The average Bonchev–Trinajstić information content (AvgIpc) is 2.43. The summed E-state index contributed by atoms with van der Waals surface area (Å²) in [6.45, 7) is 6.08. The van der Waals surface area contributed by atoms with Gasteiger partial charge in [0.2, 0.25) is 0 Å². The Kier molecular flexibility index (Phi) is 2.45. The predicted molar refractivity (Wildman–Crippen MR) is 57.1 cm³/mol. The second-order valence-electron chi connectivity index (χ2n) is 5.08. The van der Waals surface area contributed by atoms with Crippen LogP contribution in [0.25, 0.3) is 11.1 Å². The van der Waals surface area contributed by atoms with E-state index in [0.717, 1.165) is 6.07 Å². The highest BCUT2D eigenvalue weighted by Gasteiger charge is 2.18.